The van der Waals surface area contributed by atoms with Crippen LogP contribution in [0.4, 0.5) is 0 Å². The van der Waals surface area contributed by atoms with Crippen LogP contribution in [0.25, 0.3) is 11.1 Å². The molecule has 84 valence electrons. The Hall–Kier alpha value is -2.54. The number of H-pyrrole nitrogens is 1. The smallest absolute Gasteiger partial charge is 0.251 e. The minimum absolute atomic E-state index is 0.0823. The van der Waals surface area contributed by atoms with Gasteiger partial charge in [-0.25, -0.2) is 0 Å². The second-order valence-electron chi connectivity index (χ2n) is 3.70. The van der Waals surface area contributed by atoms with Crippen LogP contribution in [-0.2, 0) is 0 Å². The van der Waals surface area contributed by atoms with Gasteiger partial charge in [0.1, 0.15) is 11.6 Å². The van der Waals surface area contributed by atoms with Crippen molar-refractivity contribution < 1.29 is 5.11 Å². The predicted molar refractivity (Wildman–Crippen MR) is 63.6 cm³/mol. The number of aromatic amines is 1. The summed E-state index contributed by atoms with van der Waals surface area (Å²) in [7, 11) is 0. The molecule has 2 aromatic rings. The first-order valence-electron chi connectivity index (χ1n) is 5.06. The number of benzene rings is 1. The molecule has 0 bridgehead atoms. The number of hydrogen-bond acceptors (Lipinski definition) is 3. The number of pyridine rings is 1. The Morgan fingerprint density at radius 3 is 2.65 bits per heavy atom. The molecule has 4 nitrogen and oxygen atoms in total. The molecule has 1 aromatic carbocycles. The zero-order chi connectivity index (χ0) is 12.4. The Kier molecular flexibility index (Phi) is 2.67. The zero-order valence-electron chi connectivity index (χ0n) is 9.19. The molecule has 0 unspecified atom stereocenters. The van der Waals surface area contributed by atoms with E-state index in [1.54, 1.807) is 0 Å². The Balaban J connectivity index is 2.81. The van der Waals surface area contributed by atoms with Crippen LogP contribution in [0.1, 0.15) is 11.1 Å². The number of nitrogens with zero attached hydrogens (tertiary/aromatic N) is 1. The highest BCUT2D eigenvalue weighted by Gasteiger charge is 2.12. The van der Waals surface area contributed by atoms with Crippen molar-refractivity contribution in [1.82, 2.24) is 4.98 Å². The van der Waals surface area contributed by atoms with Crippen LogP contribution in [0.2, 0.25) is 0 Å². The number of nitrogens with one attached hydrogen (secondary N) is 1. The summed E-state index contributed by atoms with van der Waals surface area (Å²) in [5, 5.41) is 18.6. The van der Waals surface area contributed by atoms with Crippen LogP contribution in [0, 0.1) is 18.3 Å². The predicted octanol–water partition coefficient (Wildman–Crippen LogP) is 1.93. The van der Waals surface area contributed by atoms with Crippen LogP contribution in [0.5, 0.6) is 5.88 Å². The van der Waals surface area contributed by atoms with Gasteiger partial charge in [0.25, 0.3) is 5.56 Å². The molecular weight excluding hydrogens is 216 g/mol. The van der Waals surface area contributed by atoms with E-state index in [0.29, 0.717) is 5.56 Å². The maximum atomic E-state index is 11.3. The quantitative estimate of drug-likeness (QED) is 0.779. The summed E-state index contributed by atoms with van der Waals surface area (Å²) in [4.78, 5) is 13.5. The normalized spacial score (nSPS) is 9.88. The third kappa shape index (κ3) is 1.91. The van der Waals surface area contributed by atoms with E-state index in [0.717, 1.165) is 11.1 Å². The van der Waals surface area contributed by atoms with Crippen molar-refractivity contribution in [3.05, 3.63) is 51.8 Å². The maximum absolute atomic E-state index is 11.3. The van der Waals surface area contributed by atoms with E-state index >= 15 is 0 Å². The third-order valence-electron chi connectivity index (χ3n) is 2.57. The monoisotopic (exact) mass is 226 g/mol. The van der Waals surface area contributed by atoms with Crippen LogP contribution < -0.4 is 5.56 Å². The van der Waals surface area contributed by atoms with Crippen molar-refractivity contribution in [1.29, 1.82) is 5.26 Å². The van der Waals surface area contributed by atoms with Crippen molar-refractivity contribution in [2.24, 2.45) is 0 Å². The summed E-state index contributed by atoms with van der Waals surface area (Å²) >= 11 is 0. The molecule has 0 aliphatic rings. The molecule has 0 aliphatic carbocycles. The summed E-state index contributed by atoms with van der Waals surface area (Å²) in [6, 6.07) is 10.6. The first kappa shape index (κ1) is 11.0. The molecule has 0 radical (unpaired) electrons. The lowest BCUT2D eigenvalue weighted by Crippen LogP contribution is -2.06. The van der Waals surface area contributed by atoms with E-state index < -0.39 is 11.4 Å². The number of hydrogen-bond donors (Lipinski definition) is 2. The summed E-state index contributed by atoms with van der Waals surface area (Å²) in [5.41, 5.74) is 1.81. The average molecular weight is 226 g/mol. The lowest BCUT2D eigenvalue weighted by atomic mass is 9.98. The van der Waals surface area contributed by atoms with E-state index in [-0.39, 0.29) is 5.56 Å². The molecule has 4 heteroatoms. The number of rotatable bonds is 1. The fourth-order valence-electron chi connectivity index (χ4n) is 1.75. The van der Waals surface area contributed by atoms with Crippen LogP contribution in [0.15, 0.2) is 35.1 Å². The van der Waals surface area contributed by atoms with Gasteiger partial charge in [-0.1, -0.05) is 24.3 Å². The van der Waals surface area contributed by atoms with Gasteiger partial charge in [-0.15, -0.1) is 0 Å². The number of aromatic nitrogens is 1. The minimum atomic E-state index is -0.431. The molecule has 0 amide bonds. The van der Waals surface area contributed by atoms with Gasteiger partial charge < -0.3 is 5.11 Å². The summed E-state index contributed by atoms with van der Waals surface area (Å²) in [6.07, 6.45) is 0. The van der Waals surface area contributed by atoms with E-state index in [1.165, 1.54) is 6.07 Å². The molecule has 17 heavy (non-hydrogen) atoms. The molecule has 1 aromatic heterocycles. The number of aryl methyl sites for hydroxylation is 1. The lowest BCUT2D eigenvalue weighted by molar-refractivity contribution is 0.450. The Morgan fingerprint density at radius 2 is 2.00 bits per heavy atom. The molecule has 0 saturated heterocycles. The molecule has 0 spiro atoms. The van der Waals surface area contributed by atoms with Gasteiger partial charge >= 0.3 is 0 Å². The molecule has 0 saturated carbocycles. The fraction of sp³-hybridized carbons (Fsp3) is 0.0769. The Morgan fingerprint density at radius 1 is 1.29 bits per heavy atom. The second-order valence-corrected chi connectivity index (χ2v) is 3.70. The van der Waals surface area contributed by atoms with Crippen LogP contribution in [0.3, 0.4) is 0 Å². The van der Waals surface area contributed by atoms with Gasteiger partial charge in [-0.05, 0) is 18.1 Å². The molecule has 2 rings (SSSR count). The van der Waals surface area contributed by atoms with Crippen molar-refractivity contribution in [3.63, 3.8) is 0 Å². The molecule has 1 heterocycles. The standard InChI is InChI=1S/C13H10N2O2/c1-8-4-2-3-5-9(8)10-6-12(16)15-13(17)11(10)7-14/h2-6H,1H3,(H2,15,16,17). The average Bonchev–Trinajstić information content (AvgIpc) is 2.28. The Bertz CT molecular complexity index is 666. The van der Waals surface area contributed by atoms with Gasteiger partial charge in [0.2, 0.25) is 5.88 Å². The highest BCUT2D eigenvalue weighted by molar-refractivity contribution is 5.74. The summed E-state index contributed by atoms with van der Waals surface area (Å²) in [6.45, 7) is 1.88. The van der Waals surface area contributed by atoms with E-state index in [2.05, 4.69) is 4.98 Å². The molecule has 0 fully saturated rings. The van der Waals surface area contributed by atoms with Crippen LogP contribution in [-0.4, -0.2) is 10.1 Å². The minimum Gasteiger partial charge on any atom is -0.494 e. The first-order valence-corrected chi connectivity index (χ1v) is 5.06. The van der Waals surface area contributed by atoms with Crippen molar-refractivity contribution >= 4 is 0 Å². The summed E-state index contributed by atoms with van der Waals surface area (Å²) < 4.78 is 0. The van der Waals surface area contributed by atoms with E-state index in [1.807, 2.05) is 37.3 Å². The highest BCUT2D eigenvalue weighted by Crippen LogP contribution is 2.28. The molecule has 0 atom stereocenters. The Labute approximate surface area is 97.8 Å². The largest absolute Gasteiger partial charge is 0.494 e. The molecule has 0 aliphatic heterocycles. The topological polar surface area (TPSA) is 76.9 Å². The van der Waals surface area contributed by atoms with E-state index in [4.69, 9.17) is 5.26 Å². The zero-order valence-corrected chi connectivity index (χ0v) is 9.19. The lowest BCUT2D eigenvalue weighted by Gasteiger charge is -2.07. The molecule has 2 N–H and O–H groups in total. The fourth-order valence-corrected chi connectivity index (χ4v) is 1.75. The molecular formula is C13H10N2O2. The van der Waals surface area contributed by atoms with Crippen molar-refractivity contribution in [2.45, 2.75) is 6.92 Å². The van der Waals surface area contributed by atoms with Crippen LogP contribution >= 0.6 is 0 Å². The maximum Gasteiger partial charge on any atom is 0.251 e. The van der Waals surface area contributed by atoms with Gasteiger partial charge in [0.15, 0.2) is 0 Å². The SMILES string of the molecule is Cc1ccccc1-c1cc(=O)[nH]c(O)c1C#N. The van der Waals surface area contributed by atoms with Gasteiger partial charge in [0.05, 0.1) is 0 Å². The third-order valence-corrected chi connectivity index (χ3v) is 2.57. The van der Waals surface area contributed by atoms with Crippen molar-refractivity contribution in [3.8, 4) is 23.1 Å². The van der Waals surface area contributed by atoms with Gasteiger partial charge in [-0.2, -0.15) is 5.26 Å². The summed E-state index contributed by atoms with van der Waals surface area (Å²) in [5.74, 6) is -0.391. The van der Waals surface area contributed by atoms with Crippen molar-refractivity contribution in [2.75, 3.05) is 0 Å². The van der Waals surface area contributed by atoms with E-state index in [9.17, 15) is 9.90 Å². The second kappa shape index (κ2) is 4.14. The number of aromatic hydroxyl groups is 1. The number of nitriles is 1. The van der Waals surface area contributed by atoms with Gasteiger partial charge in [0, 0.05) is 11.6 Å². The highest BCUT2D eigenvalue weighted by atomic mass is 16.3. The van der Waals surface area contributed by atoms with Gasteiger partial charge in [-0.3, -0.25) is 9.78 Å². The first-order chi connectivity index (χ1) is 8.13.